The fraction of sp³-hybridized carbons (Fsp3) is 0.611. The highest BCUT2D eigenvalue weighted by atomic mass is 16.3. The molecule has 0 aliphatic heterocycles. The summed E-state index contributed by atoms with van der Waals surface area (Å²) in [7, 11) is 0. The van der Waals surface area contributed by atoms with Gasteiger partial charge in [-0.2, -0.15) is 0 Å². The molecule has 0 amide bonds. The molecule has 0 saturated heterocycles. The lowest BCUT2D eigenvalue weighted by Gasteiger charge is -2.42. The quantitative estimate of drug-likeness (QED) is 0.895. The number of Topliss-reactive ketones (excluding diaryl/α,β-unsaturated/α-hetero) is 1. The molecule has 1 saturated carbocycles. The summed E-state index contributed by atoms with van der Waals surface area (Å²) in [6, 6.07) is 5.73. The Morgan fingerprint density at radius 1 is 1.30 bits per heavy atom. The normalized spacial score (nSPS) is 28.9. The average Bonchev–Trinajstić information content (AvgIpc) is 2.44. The number of hydrogen-bond donors (Lipinski definition) is 1. The maximum Gasteiger partial charge on any atom is 0.133 e. The van der Waals surface area contributed by atoms with Crippen molar-refractivity contribution in [2.75, 3.05) is 0 Å². The Balaban J connectivity index is 1.88. The van der Waals surface area contributed by atoms with Gasteiger partial charge in [0.1, 0.15) is 11.5 Å². The number of phenolic OH excluding ortho intramolecular Hbond substituents is 1. The van der Waals surface area contributed by atoms with Gasteiger partial charge in [-0.1, -0.05) is 25.8 Å². The molecule has 1 aromatic rings. The molecule has 2 aliphatic rings. The molecule has 0 radical (unpaired) electrons. The monoisotopic (exact) mass is 272 g/mol. The van der Waals surface area contributed by atoms with E-state index in [-0.39, 0.29) is 0 Å². The van der Waals surface area contributed by atoms with Gasteiger partial charge in [0.2, 0.25) is 0 Å². The molecule has 2 nitrogen and oxygen atoms in total. The van der Waals surface area contributed by atoms with Gasteiger partial charge in [-0.05, 0) is 60.3 Å². The zero-order valence-corrected chi connectivity index (χ0v) is 12.3. The van der Waals surface area contributed by atoms with Gasteiger partial charge in [-0.25, -0.2) is 0 Å². The van der Waals surface area contributed by atoms with Crippen LogP contribution in [0.4, 0.5) is 0 Å². The van der Waals surface area contributed by atoms with Crippen LogP contribution in [0.25, 0.3) is 0 Å². The highest BCUT2D eigenvalue weighted by Crippen LogP contribution is 2.48. The Morgan fingerprint density at radius 2 is 2.15 bits per heavy atom. The number of carbonyl (C=O) groups excluding carboxylic acids is 1. The minimum absolute atomic E-state index is 0.354. The van der Waals surface area contributed by atoms with Crippen LogP contribution in [0.3, 0.4) is 0 Å². The second kappa shape index (κ2) is 5.59. The smallest absolute Gasteiger partial charge is 0.133 e. The first-order valence-electron chi connectivity index (χ1n) is 8.02. The molecule has 0 aromatic heterocycles. The lowest BCUT2D eigenvalue weighted by atomic mass is 9.62. The van der Waals surface area contributed by atoms with E-state index < -0.39 is 0 Å². The summed E-state index contributed by atoms with van der Waals surface area (Å²) < 4.78 is 0. The molecular formula is C18H24O2. The SMILES string of the molecule is CCCC[C@H]1CC(=O)C[C@@H]2c3ccc(O)cc3CC[C@@H]12. The van der Waals surface area contributed by atoms with Crippen molar-refractivity contribution in [2.45, 2.75) is 57.8 Å². The average molecular weight is 272 g/mol. The maximum absolute atomic E-state index is 12.1. The van der Waals surface area contributed by atoms with E-state index in [1.54, 1.807) is 6.07 Å². The fourth-order valence-electron chi connectivity index (χ4n) is 4.30. The first-order valence-corrected chi connectivity index (χ1v) is 8.02. The maximum atomic E-state index is 12.1. The summed E-state index contributed by atoms with van der Waals surface area (Å²) in [5.74, 6) is 2.46. The van der Waals surface area contributed by atoms with E-state index in [1.807, 2.05) is 6.07 Å². The highest BCUT2D eigenvalue weighted by Gasteiger charge is 2.40. The third-order valence-corrected chi connectivity index (χ3v) is 5.26. The molecule has 3 rings (SSSR count). The Labute approximate surface area is 121 Å². The zero-order valence-electron chi connectivity index (χ0n) is 12.3. The molecule has 1 fully saturated rings. The molecular weight excluding hydrogens is 248 g/mol. The van der Waals surface area contributed by atoms with Crippen molar-refractivity contribution >= 4 is 5.78 Å². The molecule has 1 N–H and O–H groups in total. The standard InChI is InChI=1S/C18H24O2/c1-2-3-4-12-10-15(20)11-18-16(12)7-5-13-9-14(19)6-8-17(13)18/h6,8-9,12,16,18-19H,2-5,7,10-11H2,1H3/t12-,16-,18-/m0/s1. The van der Waals surface area contributed by atoms with Crippen LogP contribution in [0.15, 0.2) is 18.2 Å². The summed E-state index contributed by atoms with van der Waals surface area (Å²) in [5, 5.41) is 9.64. The number of benzene rings is 1. The topological polar surface area (TPSA) is 37.3 Å². The van der Waals surface area contributed by atoms with Gasteiger partial charge in [-0.3, -0.25) is 4.79 Å². The van der Waals surface area contributed by atoms with Crippen LogP contribution >= 0.6 is 0 Å². The summed E-state index contributed by atoms with van der Waals surface area (Å²) in [4.78, 5) is 12.1. The van der Waals surface area contributed by atoms with Crippen molar-refractivity contribution in [3.05, 3.63) is 29.3 Å². The lowest BCUT2D eigenvalue weighted by molar-refractivity contribution is -0.123. The van der Waals surface area contributed by atoms with Crippen molar-refractivity contribution in [1.29, 1.82) is 0 Å². The van der Waals surface area contributed by atoms with Gasteiger partial charge in [0.25, 0.3) is 0 Å². The van der Waals surface area contributed by atoms with Crippen molar-refractivity contribution < 1.29 is 9.90 Å². The first-order chi connectivity index (χ1) is 9.69. The number of rotatable bonds is 3. The third kappa shape index (κ3) is 2.48. The van der Waals surface area contributed by atoms with Crippen molar-refractivity contribution in [3.63, 3.8) is 0 Å². The van der Waals surface area contributed by atoms with E-state index in [9.17, 15) is 9.90 Å². The molecule has 0 heterocycles. The zero-order chi connectivity index (χ0) is 14.1. The third-order valence-electron chi connectivity index (χ3n) is 5.26. The minimum atomic E-state index is 0.354. The van der Waals surface area contributed by atoms with Crippen LogP contribution in [0.1, 0.15) is 62.5 Å². The van der Waals surface area contributed by atoms with E-state index in [4.69, 9.17) is 0 Å². The molecule has 108 valence electrons. The lowest BCUT2D eigenvalue weighted by Crippen LogP contribution is -2.35. The molecule has 0 bridgehead atoms. The molecule has 1 aromatic carbocycles. The second-order valence-electron chi connectivity index (χ2n) is 6.54. The Hall–Kier alpha value is -1.31. The van der Waals surface area contributed by atoms with Crippen molar-refractivity contribution in [2.24, 2.45) is 11.8 Å². The van der Waals surface area contributed by atoms with Crippen LogP contribution in [0, 0.1) is 11.8 Å². The van der Waals surface area contributed by atoms with Gasteiger partial charge >= 0.3 is 0 Å². The van der Waals surface area contributed by atoms with E-state index in [0.717, 1.165) is 12.8 Å². The van der Waals surface area contributed by atoms with Crippen LogP contribution in [-0.2, 0) is 11.2 Å². The summed E-state index contributed by atoms with van der Waals surface area (Å²) >= 11 is 0. The number of aromatic hydroxyl groups is 1. The number of hydrogen-bond acceptors (Lipinski definition) is 2. The molecule has 3 atom stereocenters. The van der Waals surface area contributed by atoms with Crippen LogP contribution < -0.4 is 0 Å². The molecule has 2 aliphatic carbocycles. The van der Waals surface area contributed by atoms with Gasteiger partial charge < -0.3 is 5.11 Å². The van der Waals surface area contributed by atoms with Gasteiger partial charge in [0, 0.05) is 12.8 Å². The summed E-state index contributed by atoms with van der Waals surface area (Å²) in [6.07, 6.45) is 7.41. The number of ketones is 1. The van der Waals surface area contributed by atoms with Gasteiger partial charge in [0.15, 0.2) is 0 Å². The molecule has 0 unspecified atom stereocenters. The van der Waals surface area contributed by atoms with Crippen LogP contribution in [0.2, 0.25) is 0 Å². The van der Waals surface area contributed by atoms with E-state index in [1.165, 1.54) is 36.8 Å². The Bertz CT molecular complexity index is 506. The highest BCUT2D eigenvalue weighted by molar-refractivity contribution is 5.81. The second-order valence-corrected chi connectivity index (χ2v) is 6.54. The number of phenols is 1. The number of aryl methyl sites for hydroxylation is 1. The fourth-order valence-corrected chi connectivity index (χ4v) is 4.30. The molecule has 2 heteroatoms. The number of fused-ring (bicyclic) bond motifs is 3. The predicted molar refractivity (Wildman–Crippen MR) is 79.9 cm³/mol. The molecule has 20 heavy (non-hydrogen) atoms. The minimum Gasteiger partial charge on any atom is -0.508 e. The van der Waals surface area contributed by atoms with Crippen molar-refractivity contribution in [3.8, 4) is 5.75 Å². The van der Waals surface area contributed by atoms with E-state index in [2.05, 4.69) is 13.0 Å². The Morgan fingerprint density at radius 3 is 2.95 bits per heavy atom. The predicted octanol–water partition coefficient (Wildman–Crippen LogP) is 4.21. The van der Waals surface area contributed by atoms with E-state index in [0.29, 0.717) is 35.7 Å². The number of unbranched alkanes of at least 4 members (excludes halogenated alkanes) is 1. The van der Waals surface area contributed by atoms with Crippen LogP contribution in [0.5, 0.6) is 5.75 Å². The van der Waals surface area contributed by atoms with Crippen LogP contribution in [-0.4, -0.2) is 10.9 Å². The summed E-state index contributed by atoms with van der Waals surface area (Å²) in [6.45, 7) is 2.22. The molecule has 0 spiro atoms. The van der Waals surface area contributed by atoms with E-state index >= 15 is 0 Å². The Kier molecular flexibility index (Phi) is 3.82. The number of carbonyl (C=O) groups is 1. The van der Waals surface area contributed by atoms with Gasteiger partial charge in [-0.15, -0.1) is 0 Å². The largest absolute Gasteiger partial charge is 0.508 e. The van der Waals surface area contributed by atoms with Gasteiger partial charge in [0.05, 0.1) is 0 Å². The first kappa shape index (κ1) is 13.7. The van der Waals surface area contributed by atoms with Crippen molar-refractivity contribution in [1.82, 2.24) is 0 Å². The summed E-state index contributed by atoms with van der Waals surface area (Å²) in [5.41, 5.74) is 2.59.